The molecule has 0 heterocycles. The van der Waals surface area contributed by atoms with Crippen LogP contribution in [0, 0.1) is 51.7 Å². The van der Waals surface area contributed by atoms with Crippen LogP contribution in [-0.2, 0) is 14.1 Å². The van der Waals surface area contributed by atoms with E-state index in [4.69, 9.17) is 10.5 Å². The smallest absolute Gasteiger partial charge is 0.445 e. The first-order chi connectivity index (χ1) is 12.8. The quantitative estimate of drug-likeness (QED) is 0.177. The zero-order valence-electron chi connectivity index (χ0n) is 14.5. The second-order valence-corrected chi connectivity index (χ2v) is 8.53. The summed E-state index contributed by atoms with van der Waals surface area (Å²) in [7, 11) is -1.86. The molecule has 0 spiro atoms. The zero-order chi connectivity index (χ0) is 22.3. The van der Waals surface area contributed by atoms with Gasteiger partial charge in [-0.15, -0.1) is 4.21 Å². The maximum atomic E-state index is 12.5. The zero-order valence-corrected chi connectivity index (χ0v) is 15.3. The van der Waals surface area contributed by atoms with Gasteiger partial charge in [0.15, 0.2) is 17.5 Å². The standard InChI is InChI=1S/C9H13N2OS.C6BF8/c1-3-13(12,4-2)6-5-9(7-10)8-11;8-2-1(7(13,14)15)3(9)5(11)6(12)4(2)10/h5H,3-4,6H2,1-2H3;/q+1;-1. The Morgan fingerprint density at radius 3 is 1.54 bits per heavy atom. The number of allylic oxidation sites excluding steroid dienone is 1. The van der Waals surface area contributed by atoms with Crippen molar-refractivity contribution < 1.29 is 39.1 Å². The minimum Gasteiger partial charge on any atom is -0.445 e. The van der Waals surface area contributed by atoms with E-state index in [0.29, 0.717) is 17.3 Å². The fraction of sp³-hybridized carbons (Fsp3) is 0.333. The molecule has 0 radical (unpaired) electrons. The number of hydrogen-bond acceptors (Lipinski definition) is 3. The van der Waals surface area contributed by atoms with Gasteiger partial charge in [0.25, 0.3) is 0 Å². The molecule has 3 nitrogen and oxygen atoms in total. The van der Waals surface area contributed by atoms with Crippen LogP contribution in [0.5, 0.6) is 0 Å². The monoisotopic (exact) mass is 432 g/mol. The van der Waals surface area contributed by atoms with Gasteiger partial charge in [-0.25, -0.2) is 22.0 Å². The molecule has 0 amide bonds. The minimum atomic E-state index is -6.30. The Hall–Kier alpha value is -2.41. The number of nitriles is 2. The highest BCUT2D eigenvalue weighted by atomic mass is 32.2. The molecular weight excluding hydrogens is 419 g/mol. The Labute approximate surface area is 156 Å². The summed E-state index contributed by atoms with van der Waals surface area (Å²) >= 11 is 0. The van der Waals surface area contributed by atoms with Crippen LogP contribution in [0.25, 0.3) is 0 Å². The predicted octanol–water partition coefficient (Wildman–Crippen LogP) is 3.94. The van der Waals surface area contributed by atoms with Crippen LogP contribution in [0.1, 0.15) is 13.8 Å². The summed E-state index contributed by atoms with van der Waals surface area (Å²) in [4.78, 5) is 0. The normalized spacial score (nSPS) is 11.0. The van der Waals surface area contributed by atoms with Crippen LogP contribution in [0.15, 0.2) is 11.6 Å². The molecule has 0 saturated heterocycles. The molecule has 1 aromatic rings. The fourth-order valence-corrected chi connectivity index (χ4v) is 3.05. The third-order valence-electron chi connectivity index (χ3n) is 3.46. The number of rotatable bonds is 5. The molecule has 0 aliphatic heterocycles. The van der Waals surface area contributed by atoms with E-state index in [1.807, 2.05) is 13.8 Å². The van der Waals surface area contributed by atoms with Gasteiger partial charge < -0.3 is 12.9 Å². The van der Waals surface area contributed by atoms with Crippen LogP contribution >= 0.6 is 0 Å². The number of nitrogens with zero attached hydrogens (tertiary/aromatic N) is 2. The summed E-state index contributed by atoms with van der Waals surface area (Å²) in [5, 5.41) is 16.9. The van der Waals surface area contributed by atoms with E-state index in [1.54, 1.807) is 12.1 Å². The second kappa shape index (κ2) is 10.2. The van der Waals surface area contributed by atoms with Crippen molar-refractivity contribution in [2.24, 2.45) is 0 Å². The third kappa shape index (κ3) is 6.34. The maximum absolute atomic E-state index is 12.5. The average Bonchev–Trinajstić information content (AvgIpc) is 2.65. The lowest BCUT2D eigenvalue weighted by atomic mass is 9.79. The van der Waals surface area contributed by atoms with Gasteiger partial charge >= 0.3 is 6.98 Å². The number of halogens is 8. The molecule has 0 aliphatic carbocycles. The Bertz CT molecular complexity index is 833. The molecule has 0 atom stereocenters. The Kier molecular flexibility index (Phi) is 9.35. The largest absolute Gasteiger partial charge is 0.515 e. The first kappa shape index (κ1) is 25.6. The topological polar surface area (TPSA) is 64.7 Å². The van der Waals surface area contributed by atoms with Gasteiger partial charge in [-0.3, -0.25) is 0 Å². The van der Waals surface area contributed by atoms with Gasteiger partial charge in [-0.05, 0) is 25.4 Å². The third-order valence-corrected chi connectivity index (χ3v) is 6.33. The molecule has 1 aromatic carbocycles. The van der Waals surface area contributed by atoms with E-state index in [0.717, 1.165) is 0 Å². The molecule has 28 heavy (non-hydrogen) atoms. The van der Waals surface area contributed by atoms with E-state index in [9.17, 15) is 39.1 Å². The summed E-state index contributed by atoms with van der Waals surface area (Å²) in [5.74, 6) is -12.0. The van der Waals surface area contributed by atoms with Crippen molar-refractivity contribution in [2.45, 2.75) is 13.8 Å². The van der Waals surface area contributed by atoms with Crippen molar-refractivity contribution in [3.05, 3.63) is 40.7 Å². The van der Waals surface area contributed by atoms with E-state index < -0.39 is 51.5 Å². The van der Waals surface area contributed by atoms with Crippen LogP contribution in [0.3, 0.4) is 0 Å². The molecule has 0 fully saturated rings. The molecule has 0 saturated carbocycles. The molecule has 0 N–H and O–H groups in total. The lowest BCUT2D eigenvalue weighted by Gasteiger charge is -2.17. The summed E-state index contributed by atoms with van der Waals surface area (Å²) in [5.41, 5.74) is -2.68. The lowest BCUT2D eigenvalue weighted by molar-refractivity contribution is 0.377. The van der Waals surface area contributed by atoms with Crippen LogP contribution in [-0.4, -0.2) is 24.2 Å². The highest BCUT2D eigenvalue weighted by molar-refractivity contribution is 8.03. The summed E-state index contributed by atoms with van der Waals surface area (Å²) in [6, 6.07) is 3.49. The molecule has 0 bridgehead atoms. The highest BCUT2D eigenvalue weighted by Gasteiger charge is 2.37. The van der Waals surface area contributed by atoms with Crippen molar-refractivity contribution in [3.8, 4) is 12.1 Å². The highest BCUT2D eigenvalue weighted by Crippen LogP contribution is 2.21. The average molecular weight is 432 g/mol. The van der Waals surface area contributed by atoms with Crippen LogP contribution in [0.2, 0.25) is 0 Å². The fourth-order valence-electron chi connectivity index (χ4n) is 1.70. The number of benzene rings is 1. The van der Waals surface area contributed by atoms with Crippen LogP contribution in [0.4, 0.5) is 34.9 Å². The molecular formula is C15H13BF8N2OS. The van der Waals surface area contributed by atoms with Gasteiger partial charge in [0.05, 0.1) is 9.93 Å². The van der Waals surface area contributed by atoms with E-state index in [2.05, 4.69) is 0 Å². The Morgan fingerprint density at radius 2 is 1.25 bits per heavy atom. The van der Waals surface area contributed by atoms with E-state index >= 15 is 0 Å². The lowest BCUT2D eigenvalue weighted by Crippen LogP contribution is -2.41. The van der Waals surface area contributed by atoms with E-state index in [-0.39, 0.29) is 5.57 Å². The number of hydrogen-bond donors (Lipinski definition) is 0. The van der Waals surface area contributed by atoms with Crippen molar-refractivity contribution in [1.82, 2.24) is 0 Å². The van der Waals surface area contributed by atoms with Crippen LogP contribution < -0.4 is 5.46 Å². The molecule has 1 rings (SSSR count). The van der Waals surface area contributed by atoms with Gasteiger partial charge in [0.2, 0.25) is 0 Å². The summed E-state index contributed by atoms with van der Waals surface area (Å²) < 4.78 is 109. The van der Waals surface area contributed by atoms with Crippen molar-refractivity contribution in [3.63, 3.8) is 0 Å². The molecule has 0 aliphatic rings. The molecule has 0 aromatic heterocycles. The summed E-state index contributed by atoms with van der Waals surface area (Å²) in [6.07, 6.45) is 1.47. The summed E-state index contributed by atoms with van der Waals surface area (Å²) in [6.45, 7) is -2.59. The Morgan fingerprint density at radius 1 is 0.893 bits per heavy atom. The first-order valence-electron chi connectivity index (χ1n) is 7.48. The van der Waals surface area contributed by atoms with Gasteiger partial charge in [0, 0.05) is 0 Å². The first-order valence-corrected chi connectivity index (χ1v) is 9.54. The molecule has 154 valence electrons. The molecule has 13 heteroatoms. The van der Waals surface area contributed by atoms with Gasteiger partial charge in [0.1, 0.15) is 46.6 Å². The van der Waals surface area contributed by atoms with Gasteiger partial charge in [-0.2, -0.15) is 10.5 Å². The van der Waals surface area contributed by atoms with Crippen molar-refractivity contribution >= 4 is 22.4 Å². The second-order valence-electron chi connectivity index (χ2n) is 5.11. The SMILES string of the molecule is CC[S+](=O)(CC)CC=C(C#N)C#N.Fc1c(F)c(F)c([B-](F)(F)F)c(F)c1F. The molecule has 0 unspecified atom stereocenters. The van der Waals surface area contributed by atoms with Crippen molar-refractivity contribution in [2.75, 3.05) is 17.3 Å². The van der Waals surface area contributed by atoms with Gasteiger partial charge in [-0.1, -0.05) is 0 Å². The predicted molar refractivity (Wildman–Crippen MR) is 88.3 cm³/mol. The minimum absolute atomic E-state index is 0.0506. The Balaban J connectivity index is 0.000000528. The van der Waals surface area contributed by atoms with E-state index in [1.165, 1.54) is 6.08 Å². The van der Waals surface area contributed by atoms with Crippen molar-refractivity contribution in [1.29, 1.82) is 10.5 Å². The maximum Gasteiger partial charge on any atom is 0.515 e.